The van der Waals surface area contributed by atoms with Gasteiger partial charge >= 0.3 is 0 Å². The Hall–Kier alpha value is -2.99. The van der Waals surface area contributed by atoms with Crippen molar-refractivity contribution in [2.75, 3.05) is 22.4 Å². The lowest BCUT2D eigenvalue weighted by Gasteiger charge is -2.22. The van der Waals surface area contributed by atoms with Gasteiger partial charge in [-0.2, -0.15) is 5.26 Å². The number of carbonyl (C=O) groups excluding carboxylic acids is 1. The first kappa shape index (κ1) is 18.4. The fraction of sp³-hybridized carbons (Fsp3) is 0.125. The van der Waals surface area contributed by atoms with Crippen molar-refractivity contribution in [2.24, 2.45) is 0 Å². The molecule has 1 amide bonds. The molecule has 0 fully saturated rings. The second-order valence-corrected chi connectivity index (χ2v) is 6.98. The maximum atomic E-state index is 13.6. The van der Waals surface area contributed by atoms with E-state index in [1.165, 1.54) is 18.2 Å². The monoisotopic (exact) mass is 365 g/mol. The third kappa shape index (κ3) is 4.51. The Labute approximate surface area is 143 Å². The van der Waals surface area contributed by atoms with Gasteiger partial charge in [-0.05, 0) is 24.3 Å². The van der Waals surface area contributed by atoms with Crippen LogP contribution in [0.1, 0.15) is 5.56 Å². The zero-order chi connectivity index (χ0) is 18.6. The van der Waals surface area contributed by atoms with E-state index < -0.39 is 34.1 Å². The van der Waals surface area contributed by atoms with E-state index in [9.17, 15) is 22.0 Å². The van der Waals surface area contributed by atoms with Crippen LogP contribution in [0, 0.1) is 23.0 Å². The quantitative estimate of drug-likeness (QED) is 0.880. The SMILES string of the molecule is CS(=O)(=O)N(CC(=O)Nc1ccc(F)cc1F)c1ccccc1C#N. The third-order valence-electron chi connectivity index (χ3n) is 3.19. The molecule has 6 nitrogen and oxygen atoms in total. The number of halogens is 2. The molecule has 0 bridgehead atoms. The van der Waals surface area contributed by atoms with Crippen molar-refractivity contribution in [1.29, 1.82) is 5.26 Å². The maximum Gasteiger partial charge on any atom is 0.245 e. The Kier molecular flexibility index (Phi) is 5.34. The van der Waals surface area contributed by atoms with Gasteiger partial charge in [-0.3, -0.25) is 9.10 Å². The number of hydrogen-bond donors (Lipinski definition) is 1. The molecule has 2 aromatic carbocycles. The zero-order valence-corrected chi connectivity index (χ0v) is 13.8. The number of anilines is 2. The first-order valence-corrected chi connectivity index (χ1v) is 8.79. The van der Waals surface area contributed by atoms with Gasteiger partial charge in [-0.15, -0.1) is 0 Å². The highest BCUT2D eigenvalue weighted by atomic mass is 32.2. The normalized spacial score (nSPS) is 10.8. The number of amides is 1. The van der Waals surface area contributed by atoms with Crippen LogP contribution in [0.5, 0.6) is 0 Å². The molecule has 0 aliphatic carbocycles. The first-order chi connectivity index (χ1) is 11.7. The Morgan fingerprint density at radius 2 is 1.92 bits per heavy atom. The third-order valence-corrected chi connectivity index (χ3v) is 4.31. The van der Waals surface area contributed by atoms with Crippen LogP contribution < -0.4 is 9.62 Å². The highest BCUT2D eigenvalue weighted by molar-refractivity contribution is 7.92. The lowest BCUT2D eigenvalue weighted by atomic mass is 10.2. The summed E-state index contributed by atoms with van der Waals surface area (Å²) in [5, 5.41) is 11.3. The van der Waals surface area contributed by atoms with E-state index >= 15 is 0 Å². The number of nitriles is 1. The van der Waals surface area contributed by atoms with E-state index in [-0.39, 0.29) is 16.9 Å². The van der Waals surface area contributed by atoms with Gasteiger partial charge in [0, 0.05) is 6.07 Å². The van der Waals surface area contributed by atoms with Crippen LogP contribution in [0.2, 0.25) is 0 Å². The minimum atomic E-state index is -3.89. The number of rotatable bonds is 5. The molecule has 0 unspecified atom stereocenters. The number of benzene rings is 2. The number of carbonyl (C=O) groups is 1. The van der Waals surface area contributed by atoms with E-state index in [1.807, 2.05) is 6.07 Å². The number of sulfonamides is 1. The van der Waals surface area contributed by atoms with Crippen molar-refractivity contribution >= 4 is 27.3 Å². The van der Waals surface area contributed by atoms with Crippen molar-refractivity contribution in [3.8, 4) is 6.07 Å². The predicted molar refractivity (Wildman–Crippen MR) is 88.3 cm³/mol. The van der Waals surface area contributed by atoms with Gasteiger partial charge in [0.15, 0.2) is 0 Å². The molecular weight excluding hydrogens is 352 g/mol. The number of hydrogen-bond acceptors (Lipinski definition) is 4. The highest BCUT2D eigenvalue weighted by Gasteiger charge is 2.23. The predicted octanol–water partition coefficient (Wildman–Crippen LogP) is 2.24. The Morgan fingerprint density at radius 1 is 1.24 bits per heavy atom. The van der Waals surface area contributed by atoms with Gasteiger partial charge in [0.25, 0.3) is 0 Å². The average Bonchev–Trinajstić information content (AvgIpc) is 2.54. The first-order valence-electron chi connectivity index (χ1n) is 6.94. The van der Waals surface area contributed by atoms with E-state index in [2.05, 4.69) is 5.32 Å². The van der Waals surface area contributed by atoms with E-state index in [0.717, 1.165) is 22.7 Å². The van der Waals surface area contributed by atoms with Crippen LogP contribution in [0.25, 0.3) is 0 Å². The molecule has 0 aromatic heterocycles. The fourth-order valence-electron chi connectivity index (χ4n) is 2.08. The summed E-state index contributed by atoms with van der Waals surface area (Å²) in [6, 6.07) is 10.3. The molecule has 0 radical (unpaired) electrons. The molecule has 1 N–H and O–H groups in total. The summed E-state index contributed by atoms with van der Waals surface area (Å²) in [6.07, 6.45) is 0.882. The highest BCUT2D eigenvalue weighted by Crippen LogP contribution is 2.22. The van der Waals surface area contributed by atoms with E-state index in [1.54, 1.807) is 6.07 Å². The van der Waals surface area contributed by atoms with Crippen molar-refractivity contribution < 1.29 is 22.0 Å². The van der Waals surface area contributed by atoms with E-state index in [0.29, 0.717) is 6.07 Å². The molecule has 0 saturated carbocycles. The molecule has 2 aromatic rings. The minimum absolute atomic E-state index is 0.0298. The fourth-order valence-corrected chi connectivity index (χ4v) is 2.95. The summed E-state index contributed by atoms with van der Waals surface area (Å²) in [4.78, 5) is 12.1. The van der Waals surface area contributed by atoms with Gasteiger partial charge in [0.1, 0.15) is 24.2 Å². The average molecular weight is 365 g/mol. The van der Waals surface area contributed by atoms with Crippen LogP contribution >= 0.6 is 0 Å². The van der Waals surface area contributed by atoms with Crippen LogP contribution in [-0.4, -0.2) is 27.1 Å². The summed E-state index contributed by atoms with van der Waals surface area (Å²) in [6.45, 7) is -0.672. The number of nitrogens with zero attached hydrogens (tertiary/aromatic N) is 2. The van der Waals surface area contributed by atoms with Gasteiger partial charge < -0.3 is 5.32 Å². The smallest absolute Gasteiger partial charge is 0.245 e. The summed E-state index contributed by atoms with van der Waals surface area (Å²) < 4.78 is 51.2. The van der Waals surface area contributed by atoms with Gasteiger partial charge in [0.2, 0.25) is 15.9 Å². The summed E-state index contributed by atoms with van der Waals surface area (Å²) in [5.74, 6) is -2.64. The van der Waals surface area contributed by atoms with E-state index in [4.69, 9.17) is 5.26 Å². The molecule has 0 spiro atoms. The zero-order valence-electron chi connectivity index (χ0n) is 13.0. The molecule has 0 aliphatic rings. The van der Waals surface area contributed by atoms with Crippen LogP contribution in [0.4, 0.5) is 20.2 Å². The van der Waals surface area contributed by atoms with Crippen LogP contribution in [-0.2, 0) is 14.8 Å². The summed E-state index contributed by atoms with van der Waals surface area (Å²) in [7, 11) is -3.89. The molecule has 0 aliphatic heterocycles. The standard InChI is InChI=1S/C16H13F2N3O3S/c1-25(23,24)21(15-5-3-2-4-11(15)9-19)10-16(22)20-14-7-6-12(17)8-13(14)18/h2-8H,10H2,1H3,(H,20,22). The number of nitrogens with one attached hydrogen (secondary N) is 1. The van der Waals surface area contributed by atoms with Crippen molar-refractivity contribution in [3.05, 3.63) is 59.7 Å². The van der Waals surface area contributed by atoms with Crippen LogP contribution in [0.3, 0.4) is 0 Å². The van der Waals surface area contributed by atoms with Gasteiger partial charge in [-0.1, -0.05) is 12.1 Å². The largest absolute Gasteiger partial charge is 0.322 e. The molecule has 0 saturated heterocycles. The van der Waals surface area contributed by atoms with Crippen molar-refractivity contribution in [3.63, 3.8) is 0 Å². The van der Waals surface area contributed by atoms with Crippen molar-refractivity contribution in [2.45, 2.75) is 0 Å². The molecule has 130 valence electrons. The Morgan fingerprint density at radius 3 is 2.52 bits per heavy atom. The maximum absolute atomic E-state index is 13.6. The van der Waals surface area contributed by atoms with Crippen LogP contribution in [0.15, 0.2) is 42.5 Å². The molecule has 25 heavy (non-hydrogen) atoms. The molecular formula is C16H13F2N3O3S. The minimum Gasteiger partial charge on any atom is -0.322 e. The van der Waals surface area contributed by atoms with Gasteiger partial charge in [0.05, 0.1) is 23.2 Å². The second kappa shape index (κ2) is 7.27. The van der Waals surface area contributed by atoms with Gasteiger partial charge in [-0.25, -0.2) is 17.2 Å². The second-order valence-electron chi connectivity index (χ2n) is 5.07. The number of para-hydroxylation sites is 1. The lowest BCUT2D eigenvalue weighted by Crippen LogP contribution is -2.38. The Bertz CT molecular complexity index is 955. The molecule has 9 heteroatoms. The Balaban J connectivity index is 2.29. The lowest BCUT2D eigenvalue weighted by molar-refractivity contribution is -0.114. The van der Waals surface area contributed by atoms with Crippen molar-refractivity contribution in [1.82, 2.24) is 0 Å². The molecule has 2 rings (SSSR count). The summed E-state index contributed by atoms with van der Waals surface area (Å²) >= 11 is 0. The summed E-state index contributed by atoms with van der Waals surface area (Å²) in [5.41, 5.74) is -0.190. The molecule has 0 atom stereocenters. The molecule has 0 heterocycles. The topological polar surface area (TPSA) is 90.3 Å².